The molecule has 0 radical (unpaired) electrons. The Balaban J connectivity index is 2.44. The first kappa shape index (κ1) is 8.69. The standard InChI is InChI=1S/C11H11N3/c1-8-6-9(4-5-13-8)10-2-3-11(12)14-7-10/h2-7H,1H3,(H2,12,14). The molecule has 14 heavy (non-hydrogen) atoms. The van der Waals surface area contributed by atoms with Crippen LogP contribution in [0.25, 0.3) is 11.1 Å². The number of anilines is 1. The maximum Gasteiger partial charge on any atom is 0.123 e. The highest BCUT2D eigenvalue weighted by molar-refractivity contribution is 5.63. The van der Waals surface area contributed by atoms with E-state index in [0.29, 0.717) is 5.82 Å². The molecule has 0 fully saturated rings. The van der Waals surface area contributed by atoms with Crippen LogP contribution in [0.4, 0.5) is 5.82 Å². The van der Waals surface area contributed by atoms with Gasteiger partial charge in [0.2, 0.25) is 0 Å². The Morgan fingerprint density at radius 3 is 2.57 bits per heavy atom. The summed E-state index contributed by atoms with van der Waals surface area (Å²) in [6.45, 7) is 1.97. The molecular formula is C11H11N3. The average Bonchev–Trinajstić information content (AvgIpc) is 2.19. The van der Waals surface area contributed by atoms with Crippen molar-refractivity contribution in [2.75, 3.05) is 5.73 Å². The molecule has 2 rings (SSSR count). The zero-order valence-corrected chi connectivity index (χ0v) is 7.94. The normalized spacial score (nSPS) is 10.1. The molecule has 70 valence electrons. The smallest absolute Gasteiger partial charge is 0.123 e. The second-order valence-corrected chi connectivity index (χ2v) is 3.16. The number of aryl methyl sites for hydroxylation is 1. The third-order valence-corrected chi connectivity index (χ3v) is 2.02. The summed E-state index contributed by atoms with van der Waals surface area (Å²) in [6.07, 6.45) is 3.56. The molecule has 3 nitrogen and oxygen atoms in total. The van der Waals surface area contributed by atoms with Crippen molar-refractivity contribution >= 4 is 5.82 Å². The van der Waals surface area contributed by atoms with Crippen molar-refractivity contribution in [3.63, 3.8) is 0 Å². The zero-order valence-electron chi connectivity index (χ0n) is 7.94. The predicted molar refractivity (Wildman–Crippen MR) is 56.6 cm³/mol. The van der Waals surface area contributed by atoms with Gasteiger partial charge in [0.25, 0.3) is 0 Å². The van der Waals surface area contributed by atoms with Crippen molar-refractivity contribution in [3.8, 4) is 11.1 Å². The highest BCUT2D eigenvalue weighted by Gasteiger charge is 1.97. The summed E-state index contributed by atoms with van der Waals surface area (Å²) in [5, 5.41) is 0. The Morgan fingerprint density at radius 2 is 1.93 bits per heavy atom. The lowest BCUT2D eigenvalue weighted by molar-refractivity contribution is 1.20. The molecule has 0 aromatic carbocycles. The van der Waals surface area contributed by atoms with Gasteiger partial charge in [-0.25, -0.2) is 4.98 Å². The van der Waals surface area contributed by atoms with Gasteiger partial charge in [-0.1, -0.05) is 0 Å². The van der Waals surface area contributed by atoms with Gasteiger partial charge in [-0.05, 0) is 36.8 Å². The van der Waals surface area contributed by atoms with Gasteiger partial charge in [-0.3, -0.25) is 4.98 Å². The van der Waals surface area contributed by atoms with Crippen LogP contribution in [0.15, 0.2) is 36.7 Å². The third-order valence-electron chi connectivity index (χ3n) is 2.02. The summed E-state index contributed by atoms with van der Waals surface area (Å²) in [7, 11) is 0. The number of hydrogen-bond acceptors (Lipinski definition) is 3. The van der Waals surface area contributed by atoms with Gasteiger partial charge < -0.3 is 5.73 Å². The van der Waals surface area contributed by atoms with Crippen molar-refractivity contribution in [1.29, 1.82) is 0 Å². The van der Waals surface area contributed by atoms with Crippen LogP contribution in [0, 0.1) is 6.92 Å². The molecule has 0 unspecified atom stereocenters. The molecular weight excluding hydrogens is 174 g/mol. The lowest BCUT2D eigenvalue weighted by Crippen LogP contribution is -1.89. The minimum Gasteiger partial charge on any atom is -0.384 e. The van der Waals surface area contributed by atoms with Gasteiger partial charge >= 0.3 is 0 Å². The Morgan fingerprint density at radius 1 is 1.07 bits per heavy atom. The molecule has 2 heterocycles. The van der Waals surface area contributed by atoms with Gasteiger partial charge in [-0.2, -0.15) is 0 Å². The first-order chi connectivity index (χ1) is 6.75. The number of aromatic nitrogens is 2. The van der Waals surface area contributed by atoms with E-state index in [2.05, 4.69) is 9.97 Å². The molecule has 0 atom stereocenters. The molecule has 0 aliphatic heterocycles. The Hall–Kier alpha value is -1.90. The monoisotopic (exact) mass is 185 g/mol. The highest BCUT2D eigenvalue weighted by atomic mass is 14.8. The van der Waals surface area contributed by atoms with Crippen molar-refractivity contribution in [2.24, 2.45) is 0 Å². The van der Waals surface area contributed by atoms with Crippen LogP contribution < -0.4 is 5.73 Å². The van der Waals surface area contributed by atoms with E-state index < -0.39 is 0 Å². The van der Waals surface area contributed by atoms with E-state index in [4.69, 9.17) is 5.73 Å². The first-order valence-corrected chi connectivity index (χ1v) is 4.40. The maximum absolute atomic E-state index is 5.51. The Labute approximate surface area is 82.6 Å². The molecule has 0 spiro atoms. The quantitative estimate of drug-likeness (QED) is 0.739. The van der Waals surface area contributed by atoms with Crippen LogP contribution in [0.3, 0.4) is 0 Å². The summed E-state index contributed by atoms with van der Waals surface area (Å²) < 4.78 is 0. The van der Waals surface area contributed by atoms with E-state index in [1.54, 1.807) is 18.5 Å². The fourth-order valence-corrected chi connectivity index (χ4v) is 1.30. The SMILES string of the molecule is Cc1cc(-c2ccc(N)nc2)ccn1. The third kappa shape index (κ3) is 1.71. The second-order valence-electron chi connectivity index (χ2n) is 3.16. The predicted octanol–water partition coefficient (Wildman–Crippen LogP) is 2.03. The van der Waals surface area contributed by atoms with E-state index in [-0.39, 0.29) is 0 Å². The van der Waals surface area contributed by atoms with Crippen molar-refractivity contribution in [1.82, 2.24) is 9.97 Å². The highest BCUT2D eigenvalue weighted by Crippen LogP contribution is 2.18. The number of hydrogen-bond donors (Lipinski definition) is 1. The Kier molecular flexibility index (Phi) is 2.14. The summed E-state index contributed by atoms with van der Waals surface area (Å²) in [5.74, 6) is 0.541. The molecule has 0 bridgehead atoms. The summed E-state index contributed by atoms with van der Waals surface area (Å²) >= 11 is 0. The maximum atomic E-state index is 5.51. The second kappa shape index (κ2) is 3.46. The fourth-order valence-electron chi connectivity index (χ4n) is 1.30. The lowest BCUT2D eigenvalue weighted by Gasteiger charge is -2.01. The molecule has 0 saturated carbocycles. The van der Waals surface area contributed by atoms with Gasteiger partial charge in [0, 0.05) is 23.7 Å². The van der Waals surface area contributed by atoms with E-state index in [1.165, 1.54) is 0 Å². The zero-order chi connectivity index (χ0) is 9.97. The van der Waals surface area contributed by atoms with E-state index >= 15 is 0 Å². The van der Waals surface area contributed by atoms with Crippen LogP contribution in [0.2, 0.25) is 0 Å². The minimum absolute atomic E-state index is 0.541. The number of rotatable bonds is 1. The van der Waals surface area contributed by atoms with Gasteiger partial charge in [-0.15, -0.1) is 0 Å². The lowest BCUT2D eigenvalue weighted by atomic mass is 10.1. The molecule has 2 aromatic rings. The molecule has 2 N–H and O–H groups in total. The first-order valence-electron chi connectivity index (χ1n) is 4.40. The van der Waals surface area contributed by atoms with Gasteiger partial charge in [0.1, 0.15) is 5.82 Å². The van der Waals surface area contributed by atoms with E-state index in [9.17, 15) is 0 Å². The summed E-state index contributed by atoms with van der Waals surface area (Å²) in [6, 6.07) is 7.73. The van der Waals surface area contributed by atoms with Crippen LogP contribution in [-0.2, 0) is 0 Å². The number of nitrogens with two attached hydrogens (primary N) is 1. The van der Waals surface area contributed by atoms with Gasteiger partial charge in [0.15, 0.2) is 0 Å². The summed E-state index contributed by atoms with van der Waals surface area (Å²) in [4.78, 5) is 8.18. The van der Waals surface area contributed by atoms with Crippen molar-refractivity contribution < 1.29 is 0 Å². The van der Waals surface area contributed by atoms with E-state index in [0.717, 1.165) is 16.8 Å². The fraction of sp³-hybridized carbons (Fsp3) is 0.0909. The molecule has 0 amide bonds. The topological polar surface area (TPSA) is 51.8 Å². The van der Waals surface area contributed by atoms with Crippen LogP contribution in [-0.4, -0.2) is 9.97 Å². The van der Waals surface area contributed by atoms with Crippen molar-refractivity contribution in [2.45, 2.75) is 6.92 Å². The average molecular weight is 185 g/mol. The molecule has 0 aliphatic carbocycles. The minimum atomic E-state index is 0.541. The molecule has 3 heteroatoms. The van der Waals surface area contributed by atoms with Crippen LogP contribution in [0.5, 0.6) is 0 Å². The van der Waals surface area contributed by atoms with Crippen LogP contribution in [0.1, 0.15) is 5.69 Å². The van der Waals surface area contributed by atoms with Gasteiger partial charge in [0.05, 0.1) is 0 Å². The number of nitrogen functional groups attached to an aromatic ring is 1. The Bertz CT molecular complexity index is 435. The van der Waals surface area contributed by atoms with Crippen molar-refractivity contribution in [3.05, 3.63) is 42.4 Å². The molecule has 0 aliphatic rings. The van der Waals surface area contributed by atoms with Crippen LogP contribution >= 0.6 is 0 Å². The summed E-state index contributed by atoms with van der Waals surface area (Å²) in [5.41, 5.74) is 8.69. The molecule has 0 saturated heterocycles. The van der Waals surface area contributed by atoms with E-state index in [1.807, 2.05) is 25.1 Å². The number of pyridine rings is 2. The molecule has 2 aromatic heterocycles. The largest absolute Gasteiger partial charge is 0.384 e. The number of nitrogens with zero attached hydrogens (tertiary/aromatic N) is 2.